The summed E-state index contributed by atoms with van der Waals surface area (Å²) in [4.78, 5) is 0. The van der Waals surface area contributed by atoms with Gasteiger partial charge in [0, 0.05) is 18.0 Å². The average Bonchev–Trinajstić information content (AvgIpc) is 2.86. The number of methoxy groups -OCH3 is 1. The third kappa shape index (κ3) is 2.86. The molecule has 2 heteroatoms. The van der Waals surface area contributed by atoms with E-state index < -0.39 is 0 Å². The molecule has 0 bridgehead atoms. The van der Waals surface area contributed by atoms with Crippen LogP contribution in [-0.4, -0.2) is 19.7 Å². The first kappa shape index (κ1) is 13.4. The summed E-state index contributed by atoms with van der Waals surface area (Å²) in [6.45, 7) is 5.51. The molecule has 0 saturated heterocycles. The number of hydrogen-bond acceptors (Lipinski definition) is 2. The van der Waals surface area contributed by atoms with Crippen LogP contribution in [0.4, 0.5) is 0 Å². The van der Waals surface area contributed by atoms with Gasteiger partial charge in [0.25, 0.3) is 0 Å². The van der Waals surface area contributed by atoms with E-state index in [2.05, 4.69) is 37.4 Å². The molecule has 0 unspecified atom stereocenters. The molecule has 1 N–H and O–H groups in total. The molecule has 18 heavy (non-hydrogen) atoms. The average molecular weight is 247 g/mol. The summed E-state index contributed by atoms with van der Waals surface area (Å²) >= 11 is 0. The summed E-state index contributed by atoms with van der Waals surface area (Å²) < 4.78 is 5.36. The summed E-state index contributed by atoms with van der Waals surface area (Å²) in [6, 6.07) is 9.17. The monoisotopic (exact) mass is 247 g/mol. The third-order valence-electron chi connectivity index (χ3n) is 4.09. The highest BCUT2D eigenvalue weighted by Crippen LogP contribution is 2.41. The van der Waals surface area contributed by atoms with Crippen LogP contribution in [0.25, 0.3) is 0 Å². The third-order valence-corrected chi connectivity index (χ3v) is 4.09. The van der Waals surface area contributed by atoms with Gasteiger partial charge in [0.2, 0.25) is 0 Å². The lowest BCUT2D eigenvalue weighted by molar-refractivity contribution is 0.380. The molecule has 0 radical (unpaired) electrons. The van der Waals surface area contributed by atoms with Gasteiger partial charge in [-0.3, -0.25) is 0 Å². The van der Waals surface area contributed by atoms with Crippen LogP contribution in [0.2, 0.25) is 0 Å². The molecule has 0 aromatic heterocycles. The maximum absolute atomic E-state index is 5.36. The number of nitrogens with one attached hydrogen (secondary N) is 1. The lowest BCUT2D eigenvalue weighted by atomic mass is 9.78. The van der Waals surface area contributed by atoms with Crippen molar-refractivity contribution in [2.75, 3.05) is 13.7 Å². The van der Waals surface area contributed by atoms with Crippen molar-refractivity contribution in [3.05, 3.63) is 29.8 Å². The molecule has 1 aromatic rings. The van der Waals surface area contributed by atoms with Crippen molar-refractivity contribution in [2.45, 2.75) is 51.0 Å². The predicted octanol–water partition coefficient (Wildman–Crippen LogP) is 3.51. The van der Waals surface area contributed by atoms with E-state index in [4.69, 9.17) is 4.74 Å². The lowest BCUT2D eigenvalue weighted by Crippen LogP contribution is -2.39. The van der Waals surface area contributed by atoms with Gasteiger partial charge in [-0.2, -0.15) is 0 Å². The van der Waals surface area contributed by atoms with Crippen LogP contribution in [0.5, 0.6) is 5.75 Å². The normalized spacial score (nSPS) is 18.2. The zero-order valence-electron chi connectivity index (χ0n) is 11.8. The summed E-state index contributed by atoms with van der Waals surface area (Å²) in [7, 11) is 1.74. The molecule has 1 aliphatic rings. The van der Waals surface area contributed by atoms with Gasteiger partial charge in [-0.15, -0.1) is 0 Å². The first-order valence-electron chi connectivity index (χ1n) is 7.04. The van der Waals surface area contributed by atoms with Gasteiger partial charge < -0.3 is 10.1 Å². The number of rotatable bonds is 5. The van der Waals surface area contributed by atoms with Gasteiger partial charge in [-0.05, 0) is 30.5 Å². The minimum absolute atomic E-state index is 0.318. The summed E-state index contributed by atoms with van der Waals surface area (Å²) in [6.07, 6.45) is 5.27. The second-order valence-electron chi connectivity index (χ2n) is 5.75. The van der Waals surface area contributed by atoms with Gasteiger partial charge in [0.15, 0.2) is 0 Å². The van der Waals surface area contributed by atoms with Crippen LogP contribution in [-0.2, 0) is 5.41 Å². The SMILES string of the molecule is COc1cccc(C2(CNC(C)C)CCCC2)c1. The summed E-state index contributed by atoms with van der Waals surface area (Å²) in [5.41, 5.74) is 1.76. The van der Waals surface area contributed by atoms with Crippen molar-refractivity contribution in [3.8, 4) is 5.75 Å². The summed E-state index contributed by atoms with van der Waals surface area (Å²) in [5.74, 6) is 0.975. The maximum Gasteiger partial charge on any atom is 0.119 e. The van der Waals surface area contributed by atoms with Crippen molar-refractivity contribution in [2.24, 2.45) is 0 Å². The van der Waals surface area contributed by atoms with E-state index in [0.717, 1.165) is 12.3 Å². The van der Waals surface area contributed by atoms with Gasteiger partial charge in [0.1, 0.15) is 5.75 Å². The highest BCUT2D eigenvalue weighted by Gasteiger charge is 2.35. The van der Waals surface area contributed by atoms with E-state index in [0.29, 0.717) is 11.5 Å². The molecule has 1 aromatic carbocycles. The molecule has 1 aliphatic carbocycles. The highest BCUT2D eigenvalue weighted by atomic mass is 16.5. The zero-order valence-corrected chi connectivity index (χ0v) is 11.8. The van der Waals surface area contributed by atoms with Crippen molar-refractivity contribution < 1.29 is 4.74 Å². The molecule has 0 heterocycles. The van der Waals surface area contributed by atoms with Crippen molar-refractivity contribution in [1.82, 2.24) is 5.32 Å². The Morgan fingerprint density at radius 3 is 2.61 bits per heavy atom. The van der Waals surface area contributed by atoms with E-state index >= 15 is 0 Å². The lowest BCUT2D eigenvalue weighted by Gasteiger charge is -2.31. The molecule has 0 aliphatic heterocycles. The Bertz CT molecular complexity index is 380. The minimum atomic E-state index is 0.318. The van der Waals surface area contributed by atoms with Gasteiger partial charge >= 0.3 is 0 Å². The molecule has 0 spiro atoms. The predicted molar refractivity (Wildman–Crippen MR) is 76.3 cm³/mol. The van der Waals surface area contributed by atoms with Crippen molar-refractivity contribution in [3.63, 3.8) is 0 Å². The fourth-order valence-electron chi connectivity index (χ4n) is 2.97. The number of benzene rings is 1. The summed E-state index contributed by atoms with van der Waals surface area (Å²) in [5, 5.41) is 3.62. The molecule has 0 atom stereocenters. The van der Waals surface area contributed by atoms with E-state index in [-0.39, 0.29) is 0 Å². The number of ether oxygens (including phenoxy) is 1. The molecule has 100 valence electrons. The Hall–Kier alpha value is -1.02. The van der Waals surface area contributed by atoms with Crippen LogP contribution in [0.3, 0.4) is 0 Å². The zero-order chi connectivity index (χ0) is 13.0. The van der Waals surface area contributed by atoms with E-state index in [1.54, 1.807) is 7.11 Å². The van der Waals surface area contributed by atoms with E-state index in [1.807, 2.05) is 6.07 Å². The Morgan fingerprint density at radius 2 is 2.00 bits per heavy atom. The Morgan fingerprint density at radius 1 is 1.28 bits per heavy atom. The van der Waals surface area contributed by atoms with Gasteiger partial charge in [-0.25, -0.2) is 0 Å². The molecule has 2 nitrogen and oxygen atoms in total. The second kappa shape index (κ2) is 5.75. The largest absolute Gasteiger partial charge is 0.497 e. The molecule has 1 saturated carbocycles. The topological polar surface area (TPSA) is 21.3 Å². The quantitative estimate of drug-likeness (QED) is 0.859. The Kier molecular flexibility index (Phi) is 4.28. The van der Waals surface area contributed by atoms with E-state index in [9.17, 15) is 0 Å². The molecular weight excluding hydrogens is 222 g/mol. The Balaban J connectivity index is 2.22. The Labute approximate surface area is 111 Å². The van der Waals surface area contributed by atoms with Crippen molar-refractivity contribution in [1.29, 1.82) is 0 Å². The van der Waals surface area contributed by atoms with Crippen molar-refractivity contribution >= 4 is 0 Å². The van der Waals surface area contributed by atoms with Gasteiger partial charge in [0.05, 0.1) is 7.11 Å². The molecule has 1 fully saturated rings. The van der Waals surface area contributed by atoms with Crippen LogP contribution in [0.1, 0.15) is 45.1 Å². The van der Waals surface area contributed by atoms with Crippen LogP contribution >= 0.6 is 0 Å². The van der Waals surface area contributed by atoms with Crippen LogP contribution < -0.4 is 10.1 Å². The second-order valence-corrected chi connectivity index (χ2v) is 5.75. The van der Waals surface area contributed by atoms with E-state index in [1.165, 1.54) is 31.2 Å². The first-order chi connectivity index (χ1) is 8.66. The first-order valence-corrected chi connectivity index (χ1v) is 7.04. The maximum atomic E-state index is 5.36. The van der Waals surface area contributed by atoms with Crippen LogP contribution in [0, 0.1) is 0 Å². The fourth-order valence-corrected chi connectivity index (χ4v) is 2.97. The molecule has 0 amide bonds. The molecule has 2 rings (SSSR count). The fraction of sp³-hybridized carbons (Fsp3) is 0.625. The van der Waals surface area contributed by atoms with Crippen LogP contribution in [0.15, 0.2) is 24.3 Å². The van der Waals surface area contributed by atoms with Gasteiger partial charge in [-0.1, -0.05) is 38.8 Å². The minimum Gasteiger partial charge on any atom is -0.497 e. The smallest absolute Gasteiger partial charge is 0.119 e. The highest BCUT2D eigenvalue weighted by molar-refractivity contribution is 5.35. The standard InChI is InChI=1S/C16H25NO/c1-13(2)17-12-16(9-4-5-10-16)14-7-6-8-15(11-14)18-3/h6-8,11,13,17H,4-5,9-10,12H2,1-3H3. The molecular formula is C16H25NO. The number of hydrogen-bond donors (Lipinski definition) is 1.